The van der Waals surface area contributed by atoms with Gasteiger partial charge >= 0.3 is 0 Å². The Balaban J connectivity index is 2.66. The Labute approximate surface area is 115 Å². The van der Waals surface area contributed by atoms with Crippen LogP contribution in [-0.4, -0.2) is 17.6 Å². The molecule has 18 heavy (non-hydrogen) atoms. The van der Waals surface area contributed by atoms with E-state index in [1.54, 1.807) is 11.3 Å². The van der Waals surface area contributed by atoms with Crippen molar-refractivity contribution in [1.82, 2.24) is 10.3 Å². The minimum atomic E-state index is -0.228. The molecule has 0 bridgehead atoms. The van der Waals surface area contributed by atoms with E-state index in [2.05, 4.69) is 38.4 Å². The van der Waals surface area contributed by atoms with E-state index in [1.807, 2.05) is 6.92 Å². The number of hydrogen-bond acceptors (Lipinski definition) is 4. The lowest BCUT2D eigenvalue weighted by Gasteiger charge is -2.25. The van der Waals surface area contributed by atoms with Crippen LogP contribution in [0.25, 0.3) is 0 Å². The van der Waals surface area contributed by atoms with E-state index in [-0.39, 0.29) is 5.60 Å². The monoisotopic (exact) mass is 270 g/mol. The van der Waals surface area contributed by atoms with Crippen LogP contribution in [0, 0.1) is 0 Å². The van der Waals surface area contributed by atoms with Gasteiger partial charge in [-0.25, -0.2) is 4.98 Å². The molecule has 0 saturated carbocycles. The fraction of sp³-hybridized carbons (Fsp3) is 0.786. The molecule has 4 heteroatoms. The summed E-state index contributed by atoms with van der Waals surface area (Å²) < 4.78 is 5.85. The smallest absolute Gasteiger partial charge is 0.125 e. The summed E-state index contributed by atoms with van der Waals surface area (Å²) in [5, 5.41) is 6.69. The third kappa shape index (κ3) is 4.04. The molecule has 1 rings (SSSR count). The van der Waals surface area contributed by atoms with Crippen LogP contribution < -0.4 is 5.32 Å². The molecule has 0 saturated heterocycles. The number of rotatable bonds is 8. The van der Waals surface area contributed by atoms with Gasteiger partial charge in [-0.15, -0.1) is 11.3 Å². The Morgan fingerprint density at radius 1 is 1.44 bits per heavy atom. The van der Waals surface area contributed by atoms with Gasteiger partial charge in [-0.3, -0.25) is 0 Å². The quantitative estimate of drug-likeness (QED) is 0.782. The highest BCUT2D eigenvalue weighted by molar-refractivity contribution is 7.09. The first-order valence-corrected chi connectivity index (χ1v) is 7.75. The largest absolute Gasteiger partial charge is 0.368 e. The highest BCUT2D eigenvalue weighted by Gasteiger charge is 2.28. The van der Waals surface area contributed by atoms with Gasteiger partial charge in [-0.2, -0.15) is 0 Å². The number of ether oxygens (including phenoxy) is 1. The molecule has 0 aliphatic heterocycles. The topological polar surface area (TPSA) is 34.1 Å². The van der Waals surface area contributed by atoms with Crippen LogP contribution in [0.2, 0.25) is 0 Å². The summed E-state index contributed by atoms with van der Waals surface area (Å²) in [5.41, 5.74) is 0.892. The average Bonchev–Trinajstić information content (AvgIpc) is 2.85. The van der Waals surface area contributed by atoms with Gasteiger partial charge in [-0.05, 0) is 33.6 Å². The van der Waals surface area contributed by atoms with Crippen LogP contribution in [0.1, 0.15) is 58.2 Å². The summed E-state index contributed by atoms with van der Waals surface area (Å²) in [4.78, 5) is 4.71. The van der Waals surface area contributed by atoms with Crippen LogP contribution in [-0.2, 0) is 16.9 Å². The second-order valence-corrected chi connectivity index (χ2v) is 5.71. The number of nitrogens with zero attached hydrogens (tertiary/aromatic N) is 1. The van der Waals surface area contributed by atoms with Gasteiger partial charge in [0.2, 0.25) is 0 Å². The van der Waals surface area contributed by atoms with E-state index in [0.717, 1.165) is 36.7 Å². The van der Waals surface area contributed by atoms with Crippen molar-refractivity contribution in [2.24, 2.45) is 0 Å². The fourth-order valence-electron chi connectivity index (χ4n) is 1.69. The molecule has 2 unspecified atom stereocenters. The highest BCUT2D eigenvalue weighted by Crippen LogP contribution is 2.31. The predicted molar refractivity (Wildman–Crippen MR) is 78.0 cm³/mol. The first kappa shape index (κ1) is 15.6. The van der Waals surface area contributed by atoms with Gasteiger partial charge < -0.3 is 10.1 Å². The number of hydrogen-bond donors (Lipinski definition) is 1. The summed E-state index contributed by atoms with van der Waals surface area (Å²) in [6, 6.07) is 0.541. The van der Waals surface area contributed by atoms with Crippen molar-refractivity contribution < 1.29 is 4.74 Å². The molecule has 3 nitrogen and oxygen atoms in total. The van der Waals surface area contributed by atoms with Crippen molar-refractivity contribution in [3.05, 3.63) is 16.1 Å². The van der Waals surface area contributed by atoms with Crippen molar-refractivity contribution in [3.8, 4) is 0 Å². The highest BCUT2D eigenvalue weighted by atomic mass is 32.1. The minimum Gasteiger partial charge on any atom is -0.368 e. The molecule has 1 aromatic heterocycles. The molecule has 0 aliphatic rings. The molecular formula is C14H26N2OS. The Kier molecular flexibility index (Phi) is 6.26. The lowest BCUT2D eigenvalue weighted by Crippen LogP contribution is -2.26. The molecule has 0 amide bonds. The normalized spacial score (nSPS) is 16.5. The molecule has 104 valence electrons. The fourth-order valence-corrected chi connectivity index (χ4v) is 2.69. The predicted octanol–water partition coefficient (Wildman–Crippen LogP) is 3.69. The summed E-state index contributed by atoms with van der Waals surface area (Å²) >= 11 is 1.70. The standard InChI is InChI=1S/C14H26N2OS/c1-6-11(4)15-9-12-10-18-13(16-12)14(5,7-2)17-8-3/h10-11,15H,6-9H2,1-5H3. The number of nitrogens with one attached hydrogen (secondary N) is 1. The van der Waals surface area contributed by atoms with Crippen LogP contribution in [0.5, 0.6) is 0 Å². The lowest BCUT2D eigenvalue weighted by atomic mass is 10.0. The molecule has 2 atom stereocenters. The maximum Gasteiger partial charge on any atom is 0.125 e. The van der Waals surface area contributed by atoms with Gasteiger partial charge in [-0.1, -0.05) is 13.8 Å². The Hall–Kier alpha value is -0.450. The molecule has 1 aromatic rings. The van der Waals surface area contributed by atoms with E-state index in [4.69, 9.17) is 9.72 Å². The Morgan fingerprint density at radius 3 is 2.72 bits per heavy atom. The Morgan fingerprint density at radius 2 is 2.17 bits per heavy atom. The van der Waals surface area contributed by atoms with Gasteiger partial charge in [0, 0.05) is 24.6 Å². The summed E-state index contributed by atoms with van der Waals surface area (Å²) in [6.45, 7) is 12.3. The molecule has 0 aromatic carbocycles. The Bertz CT molecular complexity index is 353. The summed E-state index contributed by atoms with van der Waals surface area (Å²) in [7, 11) is 0. The SMILES string of the molecule is CCOC(C)(CC)c1nc(CNC(C)CC)cs1. The average molecular weight is 270 g/mol. The van der Waals surface area contributed by atoms with Crippen molar-refractivity contribution in [3.63, 3.8) is 0 Å². The zero-order valence-electron chi connectivity index (χ0n) is 12.2. The summed E-state index contributed by atoms with van der Waals surface area (Å²) in [5.74, 6) is 0. The van der Waals surface area contributed by atoms with Gasteiger partial charge in [0.15, 0.2) is 0 Å². The van der Waals surface area contributed by atoms with E-state index in [1.165, 1.54) is 0 Å². The van der Waals surface area contributed by atoms with Gasteiger partial charge in [0.1, 0.15) is 10.6 Å². The van der Waals surface area contributed by atoms with E-state index in [0.29, 0.717) is 6.04 Å². The van der Waals surface area contributed by atoms with Gasteiger partial charge in [0.05, 0.1) is 5.69 Å². The van der Waals surface area contributed by atoms with E-state index >= 15 is 0 Å². The molecule has 1 heterocycles. The first-order chi connectivity index (χ1) is 8.55. The van der Waals surface area contributed by atoms with Crippen molar-refractivity contribution >= 4 is 11.3 Å². The van der Waals surface area contributed by atoms with Crippen LogP contribution in [0.3, 0.4) is 0 Å². The van der Waals surface area contributed by atoms with Crippen molar-refractivity contribution in [1.29, 1.82) is 0 Å². The second-order valence-electron chi connectivity index (χ2n) is 4.85. The molecule has 1 N–H and O–H groups in total. The maximum absolute atomic E-state index is 5.85. The lowest BCUT2D eigenvalue weighted by molar-refractivity contribution is -0.0325. The first-order valence-electron chi connectivity index (χ1n) is 6.87. The van der Waals surface area contributed by atoms with Crippen LogP contribution in [0.4, 0.5) is 0 Å². The van der Waals surface area contributed by atoms with Crippen LogP contribution in [0.15, 0.2) is 5.38 Å². The molecule has 0 spiro atoms. The van der Waals surface area contributed by atoms with Gasteiger partial charge in [0.25, 0.3) is 0 Å². The molecular weight excluding hydrogens is 244 g/mol. The van der Waals surface area contributed by atoms with Crippen molar-refractivity contribution in [2.75, 3.05) is 6.61 Å². The number of aromatic nitrogens is 1. The third-order valence-electron chi connectivity index (χ3n) is 3.39. The third-order valence-corrected chi connectivity index (χ3v) is 4.52. The minimum absolute atomic E-state index is 0.228. The van der Waals surface area contributed by atoms with Crippen molar-refractivity contribution in [2.45, 2.75) is 65.6 Å². The molecule has 0 fully saturated rings. The summed E-state index contributed by atoms with van der Waals surface area (Å²) in [6.07, 6.45) is 2.09. The molecule has 0 radical (unpaired) electrons. The van der Waals surface area contributed by atoms with E-state index < -0.39 is 0 Å². The zero-order chi connectivity index (χ0) is 13.6. The molecule has 0 aliphatic carbocycles. The van der Waals surface area contributed by atoms with Crippen LogP contribution >= 0.6 is 11.3 Å². The second kappa shape index (κ2) is 7.22. The maximum atomic E-state index is 5.85. The number of thiazole rings is 1. The van der Waals surface area contributed by atoms with E-state index in [9.17, 15) is 0 Å². The zero-order valence-corrected chi connectivity index (χ0v) is 13.1.